The fourth-order valence-electron chi connectivity index (χ4n) is 0.434. The van der Waals surface area contributed by atoms with Crippen molar-refractivity contribution in [2.24, 2.45) is 0 Å². The Morgan fingerprint density at radius 2 is 2.50 bits per heavy atom. The second-order valence-electron chi connectivity index (χ2n) is 3.11. The van der Waals surface area contributed by atoms with Gasteiger partial charge >= 0.3 is 6.09 Å². The summed E-state index contributed by atoms with van der Waals surface area (Å²) in [6, 6.07) is -3.22. The van der Waals surface area contributed by atoms with Crippen LogP contribution in [0.3, 0.4) is 0 Å². The van der Waals surface area contributed by atoms with Crippen molar-refractivity contribution in [2.75, 3.05) is 6.56 Å². The van der Waals surface area contributed by atoms with Gasteiger partial charge in [0.1, 0.15) is 5.60 Å². The van der Waals surface area contributed by atoms with Crippen LogP contribution >= 0.6 is 0 Å². The Labute approximate surface area is 81.3 Å². The SMILES string of the molecule is [2H]C([2H])([2H])C([2H])(NC(=O)OC(C)(C)C)C([2H])([2H])O. The van der Waals surface area contributed by atoms with Gasteiger partial charge in [0.15, 0.2) is 0 Å². The van der Waals surface area contributed by atoms with Crippen LogP contribution in [0.25, 0.3) is 0 Å². The minimum atomic E-state index is -3.46. The van der Waals surface area contributed by atoms with Gasteiger partial charge in [-0.1, -0.05) is 0 Å². The maximum atomic E-state index is 11.4. The number of alkyl carbamates (subject to hydrolysis) is 1. The first-order chi connectivity index (χ1) is 7.60. The first-order valence-corrected chi connectivity index (χ1v) is 3.34. The topological polar surface area (TPSA) is 58.6 Å². The summed E-state index contributed by atoms with van der Waals surface area (Å²) in [4.78, 5) is 11.4. The monoisotopic (exact) mass is 181 g/mol. The molecule has 4 nitrogen and oxygen atoms in total. The number of rotatable bonds is 2. The molecule has 0 saturated heterocycles. The molecule has 0 aliphatic heterocycles. The molecule has 72 valence electrons. The zero-order valence-electron chi connectivity index (χ0n) is 13.3. The van der Waals surface area contributed by atoms with E-state index in [4.69, 9.17) is 18.1 Å². The number of amides is 1. The van der Waals surface area contributed by atoms with E-state index in [0.717, 1.165) is 0 Å². The molecule has 0 rings (SSSR count). The van der Waals surface area contributed by atoms with E-state index in [0.29, 0.717) is 0 Å². The molecule has 0 spiro atoms. The standard InChI is InChI=1S/C8H17NO3/c1-6(5-10)9-7(11)12-8(2,3)4/h6,10H,5H2,1-4H3,(H,9,11)/i1D3,5D2,6D. The van der Waals surface area contributed by atoms with E-state index in [1.165, 1.54) is 20.8 Å². The van der Waals surface area contributed by atoms with Crippen LogP contribution in [-0.4, -0.2) is 29.4 Å². The molecule has 0 aromatic rings. The molecule has 0 bridgehead atoms. The molecular formula is C8H17NO3. The maximum absolute atomic E-state index is 11.4. The van der Waals surface area contributed by atoms with Crippen molar-refractivity contribution in [2.45, 2.75) is 39.2 Å². The molecule has 0 heterocycles. The number of nitrogens with one attached hydrogen (secondary N) is 1. The Bertz CT molecular complexity index is 302. The first kappa shape index (κ1) is 4.46. The maximum Gasteiger partial charge on any atom is 0.407 e. The van der Waals surface area contributed by atoms with Crippen LogP contribution in [0, 0.1) is 0 Å². The minimum Gasteiger partial charge on any atom is -0.444 e. The van der Waals surface area contributed by atoms with Crippen molar-refractivity contribution in [3.63, 3.8) is 0 Å². The quantitative estimate of drug-likeness (QED) is 0.665. The highest BCUT2D eigenvalue weighted by molar-refractivity contribution is 5.67. The second-order valence-corrected chi connectivity index (χ2v) is 3.11. The smallest absolute Gasteiger partial charge is 0.407 e. The highest BCUT2D eigenvalue weighted by Gasteiger charge is 2.16. The van der Waals surface area contributed by atoms with Crippen LogP contribution in [-0.2, 0) is 4.74 Å². The molecule has 0 aliphatic carbocycles. The molecule has 0 fully saturated rings. The van der Waals surface area contributed by atoms with Crippen LogP contribution in [0.15, 0.2) is 0 Å². The van der Waals surface area contributed by atoms with E-state index >= 15 is 0 Å². The molecular weight excluding hydrogens is 158 g/mol. The molecule has 0 aromatic carbocycles. The fraction of sp³-hybridized carbons (Fsp3) is 0.875. The Morgan fingerprint density at radius 3 is 2.83 bits per heavy atom. The van der Waals surface area contributed by atoms with Gasteiger partial charge in [-0.15, -0.1) is 0 Å². The Kier molecular flexibility index (Phi) is 1.60. The largest absolute Gasteiger partial charge is 0.444 e. The molecule has 0 saturated carbocycles. The second kappa shape index (κ2) is 4.30. The predicted molar refractivity (Wildman–Crippen MR) is 45.9 cm³/mol. The van der Waals surface area contributed by atoms with Crippen LogP contribution in [0.4, 0.5) is 4.79 Å². The lowest BCUT2D eigenvalue weighted by Crippen LogP contribution is -2.39. The van der Waals surface area contributed by atoms with Gasteiger partial charge in [0, 0.05) is 4.11 Å². The van der Waals surface area contributed by atoms with Gasteiger partial charge in [-0.25, -0.2) is 4.79 Å². The number of hydrogen-bond acceptors (Lipinski definition) is 3. The third-order valence-electron chi connectivity index (χ3n) is 0.738. The van der Waals surface area contributed by atoms with Crippen molar-refractivity contribution in [3.05, 3.63) is 0 Å². The van der Waals surface area contributed by atoms with Crippen LogP contribution < -0.4 is 5.32 Å². The van der Waals surface area contributed by atoms with Crippen molar-refractivity contribution in [3.8, 4) is 0 Å². The van der Waals surface area contributed by atoms with Crippen molar-refractivity contribution >= 4 is 6.09 Å². The number of ether oxygens (including phenoxy) is 1. The lowest BCUT2D eigenvalue weighted by molar-refractivity contribution is 0.0489. The van der Waals surface area contributed by atoms with E-state index in [-0.39, 0.29) is 0 Å². The third-order valence-corrected chi connectivity index (χ3v) is 0.738. The number of carbonyl (C=O) groups excluding carboxylic acids is 1. The van der Waals surface area contributed by atoms with Gasteiger partial charge in [-0.3, -0.25) is 0 Å². The molecule has 1 amide bonds. The average Bonchev–Trinajstić information content (AvgIpc) is 1.94. The van der Waals surface area contributed by atoms with Gasteiger partial charge in [-0.05, 0) is 27.6 Å². The van der Waals surface area contributed by atoms with E-state index in [2.05, 4.69) is 0 Å². The van der Waals surface area contributed by atoms with E-state index in [1.807, 2.05) is 0 Å². The van der Waals surface area contributed by atoms with Crippen molar-refractivity contribution in [1.29, 1.82) is 0 Å². The minimum absolute atomic E-state index is 0.943. The fourth-order valence-corrected chi connectivity index (χ4v) is 0.434. The number of aliphatic hydroxyl groups is 1. The molecule has 1 unspecified atom stereocenters. The third kappa shape index (κ3) is 5.97. The average molecular weight is 181 g/mol. The van der Waals surface area contributed by atoms with Crippen molar-refractivity contribution in [1.82, 2.24) is 5.32 Å². The van der Waals surface area contributed by atoms with Gasteiger partial charge in [0.05, 0.1) is 16.7 Å². The Morgan fingerprint density at radius 1 is 1.92 bits per heavy atom. The zero-order valence-corrected chi connectivity index (χ0v) is 7.26. The van der Waals surface area contributed by atoms with Crippen LogP contribution in [0.1, 0.15) is 35.8 Å². The molecule has 0 radical (unpaired) electrons. The summed E-state index contributed by atoms with van der Waals surface area (Å²) in [6.45, 7) is -2.19. The molecule has 12 heavy (non-hydrogen) atoms. The van der Waals surface area contributed by atoms with Crippen LogP contribution in [0.5, 0.6) is 0 Å². The van der Waals surface area contributed by atoms with Gasteiger partial charge < -0.3 is 15.2 Å². The Hall–Kier alpha value is -0.770. The van der Waals surface area contributed by atoms with Crippen molar-refractivity contribution < 1.29 is 22.9 Å². The lowest BCUT2D eigenvalue weighted by Gasteiger charge is -2.21. The predicted octanol–water partition coefficient (Wildman–Crippen LogP) is 0.892. The molecule has 4 heteroatoms. The van der Waals surface area contributed by atoms with E-state index < -0.39 is 31.1 Å². The summed E-state index contributed by atoms with van der Waals surface area (Å²) in [7, 11) is 0. The highest BCUT2D eigenvalue weighted by Crippen LogP contribution is 2.06. The molecule has 1 atom stereocenters. The van der Waals surface area contributed by atoms with Gasteiger partial charge in [0.25, 0.3) is 0 Å². The molecule has 0 aromatic heterocycles. The zero-order chi connectivity index (χ0) is 15.0. The van der Waals surface area contributed by atoms with E-state index in [9.17, 15) is 4.79 Å². The molecule has 2 N–H and O–H groups in total. The number of hydrogen-bond donors (Lipinski definition) is 2. The summed E-state index contributed by atoms with van der Waals surface area (Å²) >= 11 is 0. The van der Waals surface area contributed by atoms with Gasteiger partial charge in [-0.2, -0.15) is 0 Å². The summed E-state index contributed by atoms with van der Waals surface area (Å²) in [5.74, 6) is 0. The van der Waals surface area contributed by atoms with Crippen LogP contribution in [0.2, 0.25) is 0 Å². The summed E-state index contributed by atoms with van der Waals surface area (Å²) in [5.41, 5.74) is -0.943. The first-order valence-electron chi connectivity index (χ1n) is 6.34. The Balaban J connectivity index is 5.13. The highest BCUT2D eigenvalue weighted by atomic mass is 16.6. The lowest BCUT2D eigenvalue weighted by atomic mass is 10.2. The number of carbonyl (C=O) groups is 1. The van der Waals surface area contributed by atoms with Gasteiger partial charge in [0.2, 0.25) is 0 Å². The van der Waals surface area contributed by atoms with E-state index in [1.54, 1.807) is 5.32 Å². The summed E-state index contributed by atoms with van der Waals surface area (Å²) < 4.78 is 47.3. The normalized spacial score (nSPS) is 26.0. The summed E-state index contributed by atoms with van der Waals surface area (Å²) in [5, 5.41) is 10.7. The summed E-state index contributed by atoms with van der Waals surface area (Å²) in [6.07, 6.45) is -1.30. The molecule has 0 aliphatic rings.